The van der Waals surface area contributed by atoms with Crippen LogP contribution in [0, 0.1) is 0 Å². The fraction of sp³-hybridized carbons (Fsp3) is 0.455. The van der Waals surface area contributed by atoms with Gasteiger partial charge in [0.2, 0.25) is 0 Å². The van der Waals surface area contributed by atoms with Gasteiger partial charge in [-0.3, -0.25) is 14.7 Å². The quantitative estimate of drug-likeness (QED) is 0.712. The maximum Gasteiger partial charge on any atom is 0.272 e. The third-order valence-electron chi connectivity index (χ3n) is 5.00. The number of carbonyl (C=O) groups is 1. The number of amides is 1. The highest BCUT2D eigenvalue weighted by Gasteiger charge is 2.23. The molecule has 1 aromatic heterocycles. The predicted octanol–water partition coefficient (Wildman–Crippen LogP) is 2.40. The van der Waals surface area contributed by atoms with E-state index in [1.165, 1.54) is 5.56 Å². The van der Waals surface area contributed by atoms with Crippen LogP contribution >= 0.6 is 0 Å². The van der Waals surface area contributed by atoms with E-state index in [4.69, 9.17) is 0 Å². The van der Waals surface area contributed by atoms with Gasteiger partial charge in [-0.2, -0.15) is 0 Å². The molecule has 0 atom stereocenters. The molecule has 2 heterocycles. The Morgan fingerprint density at radius 2 is 1.86 bits per heavy atom. The molecule has 0 spiro atoms. The minimum Gasteiger partial charge on any atom is -0.385 e. The number of piperazine rings is 1. The van der Waals surface area contributed by atoms with Crippen LogP contribution in [0.15, 0.2) is 48.7 Å². The zero-order valence-electron chi connectivity index (χ0n) is 17.0. The van der Waals surface area contributed by atoms with Crippen molar-refractivity contribution in [3.8, 4) is 0 Å². The summed E-state index contributed by atoms with van der Waals surface area (Å²) >= 11 is 0. The largest absolute Gasteiger partial charge is 0.385 e. The summed E-state index contributed by atoms with van der Waals surface area (Å²) in [7, 11) is 4.14. The maximum atomic E-state index is 12.8. The summed E-state index contributed by atoms with van der Waals surface area (Å²) in [6.07, 6.45) is 2.77. The number of anilines is 1. The number of nitrogens with one attached hydrogen (secondary N) is 1. The molecule has 1 N–H and O–H groups in total. The minimum atomic E-state index is 0.0244. The van der Waals surface area contributed by atoms with E-state index in [-0.39, 0.29) is 5.91 Å². The lowest BCUT2D eigenvalue weighted by atomic mass is 10.2. The Labute approximate surface area is 168 Å². The number of aromatic nitrogens is 1. The van der Waals surface area contributed by atoms with Gasteiger partial charge in [0.05, 0.1) is 0 Å². The Morgan fingerprint density at radius 3 is 2.57 bits per heavy atom. The Hall–Kier alpha value is -2.44. The minimum absolute atomic E-state index is 0.0244. The predicted molar refractivity (Wildman–Crippen MR) is 114 cm³/mol. The average molecular weight is 382 g/mol. The van der Waals surface area contributed by atoms with E-state index in [0.717, 1.165) is 57.9 Å². The molecule has 0 unspecified atom stereocenters. The molecule has 3 rings (SSSR count). The summed E-state index contributed by atoms with van der Waals surface area (Å²) in [6, 6.07) is 14.3. The molecule has 0 radical (unpaired) electrons. The van der Waals surface area contributed by atoms with Crippen molar-refractivity contribution in [3.05, 3.63) is 59.9 Å². The van der Waals surface area contributed by atoms with Gasteiger partial charge < -0.3 is 15.1 Å². The third kappa shape index (κ3) is 6.04. The monoisotopic (exact) mass is 381 g/mol. The molecule has 0 saturated carbocycles. The van der Waals surface area contributed by atoms with Gasteiger partial charge in [0.25, 0.3) is 5.91 Å². The molecule has 6 heteroatoms. The van der Waals surface area contributed by atoms with Crippen molar-refractivity contribution in [2.24, 2.45) is 0 Å². The van der Waals surface area contributed by atoms with E-state index < -0.39 is 0 Å². The Balaban J connectivity index is 1.48. The van der Waals surface area contributed by atoms with Crippen LogP contribution in [0.4, 0.5) is 5.69 Å². The number of carbonyl (C=O) groups excluding carboxylic acids is 1. The molecule has 1 amide bonds. The molecule has 0 bridgehead atoms. The highest BCUT2D eigenvalue weighted by molar-refractivity contribution is 5.93. The van der Waals surface area contributed by atoms with E-state index in [1.807, 2.05) is 23.1 Å². The summed E-state index contributed by atoms with van der Waals surface area (Å²) in [5.74, 6) is 0.0244. The molecule has 6 nitrogen and oxygen atoms in total. The Bertz CT molecular complexity index is 742. The first kappa shape index (κ1) is 20.3. The van der Waals surface area contributed by atoms with Crippen molar-refractivity contribution in [2.75, 3.05) is 58.7 Å². The van der Waals surface area contributed by atoms with Crippen LogP contribution < -0.4 is 5.32 Å². The van der Waals surface area contributed by atoms with Gasteiger partial charge in [0.1, 0.15) is 5.69 Å². The summed E-state index contributed by atoms with van der Waals surface area (Å²) in [5.41, 5.74) is 2.80. The topological polar surface area (TPSA) is 51.7 Å². The summed E-state index contributed by atoms with van der Waals surface area (Å²) in [5, 5.41) is 3.39. The number of hydrogen-bond donors (Lipinski definition) is 1. The first-order chi connectivity index (χ1) is 13.6. The van der Waals surface area contributed by atoms with Gasteiger partial charge in [-0.1, -0.05) is 30.3 Å². The molecule has 1 aliphatic rings. The molecule has 150 valence electrons. The van der Waals surface area contributed by atoms with E-state index in [1.54, 1.807) is 6.20 Å². The summed E-state index contributed by atoms with van der Waals surface area (Å²) < 4.78 is 0. The molecule has 1 aromatic carbocycles. The maximum absolute atomic E-state index is 12.8. The van der Waals surface area contributed by atoms with E-state index in [2.05, 4.69) is 58.5 Å². The summed E-state index contributed by atoms with van der Waals surface area (Å²) in [6.45, 7) is 6.13. The van der Waals surface area contributed by atoms with Crippen molar-refractivity contribution < 1.29 is 4.79 Å². The van der Waals surface area contributed by atoms with Crippen LogP contribution in [0.3, 0.4) is 0 Å². The van der Waals surface area contributed by atoms with Crippen LogP contribution in [-0.4, -0.2) is 79.0 Å². The van der Waals surface area contributed by atoms with Crippen LogP contribution in [-0.2, 0) is 6.54 Å². The molecular weight excluding hydrogens is 350 g/mol. The molecule has 1 fully saturated rings. The number of hydrogen-bond acceptors (Lipinski definition) is 5. The standard InChI is InChI=1S/C22H31N5O/c1-25(2)12-6-10-23-20-9-11-24-21(17-20)22(28)27-15-13-26(14-16-27)18-19-7-4-3-5-8-19/h3-5,7-9,11,17H,6,10,12-16,18H2,1-2H3,(H,23,24). The molecule has 1 saturated heterocycles. The zero-order valence-corrected chi connectivity index (χ0v) is 17.0. The van der Waals surface area contributed by atoms with Gasteiger partial charge in [0, 0.05) is 51.2 Å². The normalized spacial score (nSPS) is 15.0. The van der Waals surface area contributed by atoms with Crippen molar-refractivity contribution in [3.63, 3.8) is 0 Å². The lowest BCUT2D eigenvalue weighted by Crippen LogP contribution is -2.48. The van der Waals surface area contributed by atoms with Crippen LogP contribution in [0.5, 0.6) is 0 Å². The van der Waals surface area contributed by atoms with Gasteiger partial charge in [-0.25, -0.2) is 0 Å². The number of rotatable bonds is 8. The smallest absolute Gasteiger partial charge is 0.272 e. The molecule has 0 aliphatic carbocycles. The van der Waals surface area contributed by atoms with Gasteiger partial charge in [0.15, 0.2) is 0 Å². The second kappa shape index (κ2) is 10.2. The Kier molecular flexibility index (Phi) is 7.39. The first-order valence-electron chi connectivity index (χ1n) is 10.0. The van der Waals surface area contributed by atoms with Gasteiger partial charge in [-0.05, 0) is 44.8 Å². The van der Waals surface area contributed by atoms with Crippen LogP contribution in [0.25, 0.3) is 0 Å². The van der Waals surface area contributed by atoms with Crippen molar-refractivity contribution in [2.45, 2.75) is 13.0 Å². The molecule has 1 aliphatic heterocycles. The van der Waals surface area contributed by atoms with Crippen molar-refractivity contribution >= 4 is 11.6 Å². The second-order valence-corrected chi connectivity index (χ2v) is 7.57. The van der Waals surface area contributed by atoms with Crippen LogP contribution in [0.2, 0.25) is 0 Å². The molecule has 2 aromatic rings. The van der Waals surface area contributed by atoms with E-state index in [9.17, 15) is 4.79 Å². The fourth-order valence-electron chi connectivity index (χ4n) is 3.40. The van der Waals surface area contributed by atoms with Crippen molar-refractivity contribution in [1.82, 2.24) is 19.7 Å². The van der Waals surface area contributed by atoms with Crippen molar-refractivity contribution in [1.29, 1.82) is 0 Å². The number of pyridine rings is 1. The zero-order chi connectivity index (χ0) is 19.8. The van der Waals surface area contributed by atoms with E-state index >= 15 is 0 Å². The summed E-state index contributed by atoms with van der Waals surface area (Å²) in [4.78, 5) is 23.6. The Morgan fingerprint density at radius 1 is 1.11 bits per heavy atom. The third-order valence-corrected chi connectivity index (χ3v) is 5.00. The lowest BCUT2D eigenvalue weighted by Gasteiger charge is -2.34. The molecular formula is C22H31N5O. The highest BCUT2D eigenvalue weighted by atomic mass is 16.2. The number of nitrogens with zero attached hydrogens (tertiary/aromatic N) is 4. The lowest BCUT2D eigenvalue weighted by molar-refractivity contribution is 0.0623. The van der Waals surface area contributed by atoms with E-state index in [0.29, 0.717) is 5.69 Å². The molecule has 28 heavy (non-hydrogen) atoms. The second-order valence-electron chi connectivity index (χ2n) is 7.57. The van der Waals surface area contributed by atoms with Gasteiger partial charge in [-0.15, -0.1) is 0 Å². The SMILES string of the molecule is CN(C)CCCNc1ccnc(C(=O)N2CCN(Cc3ccccc3)CC2)c1. The highest BCUT2D eigenvalue weighted by Crippen LogP contribution is 2.13. The number of benzene rings is 1. The van der Waals surface area contributed by atoms with Crippen LogP contribution in [0.1, 0.15) is 22.5 Å². The fourth-order valence-corrected chi connectivity index (χ4v) is 3.40. The van der Waals surface area contributed by atoms with Gasteiger partial charge >= 0.3 is 0 Å². The average Bonchev–Trinajstić information content (AvgIpc) is 2.72. The first-order valence-corrected chi connectivity index (χ1v) is 10.0.